The van der Waals surface area contributed by atoms with Gasteiger partial charge in [0, 0.05) is 65.1 Å². The van der Waals surface area contributed by atoms with Crippen molar-refractivity contribution in [3.05, 3.63) is 118 Å². The van der Waals surface area contributed by atoms with Crippen LogP contribution in [-0.4, -0.2) is 24.6 Å². The summed E-state index contributed by atoms with van der Waals surface area (Å²) in [5, 5.41) is 10.8. The van der Waals surface area contributed by atoms with Gasteiger partial charge in [-0.2, -0.15) is 0 Å². The summed E-state index contributed by atoms with van der Waals surface area (Å²) in [7, 11) is 0. The largest absolute Gasteiger partial charge is 0.312 e. The molecule has 0 unspecified atom stereocenters. The first kappa shape index (κ1) is 22.5. The zero-order valence-electron chi connectivity index (χ0n) is 17.7. The van der Waals surface area contributed by atoms with Crippen molar-refractivity contribution in [1.82, 2.24) is 15.6 Å². The van der Waals surface area contributed by atoms with E-state index in [0.29, 0.717) is 16.6 Å². The first-order valence-electron chi connectivity index (χ1n) is 10.7. The monoisotopic (exact) mass is 461 g/mol. The van der Waals surface area contributed by atoms with Gasteiger partial charge in [0.1, 0.15) is 0 Å². The predicted molar refractivity (Wildman–Crippen MR) is 136 cm³/mol. The molecule has 0 fully saturated rings. The highest BCUT2D eigenvalue weighted by atomic mass is 35.5. The Morgan fingerprint density at radius 2 is 1.47 bits per heavy atom. The second kappa shape index (κ2) is 11.3. The summed E-state index contributed by atoms with van der Waals surface area (Å²) in [5.74, 6) is 0. The second-order valence-electron chi connectivity index (χ2n) is 7.47. The number of hydrogen-bond donors (Lipinski definition) is 2. The zero-order valence-corrected chi connectivity index (χ0v) is 19.2. The lowest BCUT2D eigenvalue weighted by molar-refractivity contribution is 0.637. The molecule has 0 bridgehead atoms. The van der Waals surface area contributed by atoms with Gasteiger partial charge in [-0.25, -0.2) is 0 Å². The highest BCUT2D eigenvalue weighted by Gasteiger charge is 2.11. The third kappa shape index (κ3) is 5.56. The van der Waals surface area contributed by atoms with Crippen LogP contribution in [0, 0.1) is 0 Å². The van der Waals surface area contributed by atoms with Crippen LogP contribution >= 0.6 is 23.2 Å². The third-order valence-electron chi connectivity index (χ3n) is 5.34. The molecule has 3 nitrogen and oxygen atoms in total. The Kier molecular flexibility index (Phi) is 7.92. The maximum Gasteiger partial charge on any atom is 0.0484 e. The fourth-order valence-corrected chi connectivity index (χ4v) is 4.22. The fourth-order valence-electron chi connectivity index (χ4n) is 3.74. The lowest BCUT2D eigenvalue weighted by Crippen LogP contribution is -2.27. The van der Waals surface area contributed by atoms with E-state index in [9.17, 15) is 0 Å². The van der Waals surface area contributed by atoms with Crippen LogP contribution in [-0.2, 0) is 6.54 Å². The minimum atomic E-state index is 0.714. The van der Waals surface area contributed by atoms with Crippen LogP contribution in [0.15, 0.2) is 91.3 Å². The van der Waals surface area contributed by atoms with E-state index in [-0.39, 0.29) is 0 Å². The summed E-state index contributed by atoms with van der Waals surface area (Å²) < 4.78 is 0. The zero-order chi connectivity index (χ0) is 22.2. The van der Waals surface area contributed by atoms with E-state index in [1.807, 2.05) is 60.9 Å². The summed E-state index contributed by atoms with van der Waals surface area (Å²) in [6.45, 7) is 3.25. The number of hydrogen-bond acceptors (Lipinski definition) is 3. The molecule has 1 aromatic heterocycles. The van der Waals surface area contributed by atoms with Crippen molar-refractivity contribution in [3.63, 3.8) is 0 Å². The molecule has 1 heterocycles. The molecule has 0 saturated heterocycles. The standard InChI is InChI=1S/C27H25Cl2N3/c28-26-10-3-1-8-24(26)23(25-9-2-4-11-27(25)29)13-14-30-16-17-32-19-21-7-5-6-20-18-31-15-12-22(20)21/h1-13,15,18,30,32H,14,16-17,19H2. The van der Waals surface area contributed by atoms with Crippen LogP contribution < -0.4 is 10.6 Å². The number of benzene rings is 3. The molecule has 0 saturated carbocycles. The second-order valence-corrected chi connectivity index (χ2v) is 8.29. The number of halogens is 2. The van der Waals surface area contributed by atoms with Gasteiger partial charge in [-0.1, -0.05) is 83.9 Å². The van der Waals surface area contributed by atoms with Crippen molar-refractivity contribution in [2.45, 2.75) is 6.54 Å². The van der Waals surface area contributed by atoms with E-state index < -0.39 is 0 Å². The molecule has 3 aromatic carbocycles. The number of nitrogens with one attached hydrogen (secondary N) is 2. The fraction of sp³-hybridized carbons (Fsp3) is 0.148. The van der Waals surface area contributed by atoms with E-state index in [1.165, 1.54) is 16.3 Å². The average Bonchev–Trinajstić information content (AvgIpc) is 2.82. The van der Waals surface area contributed by atoms with Crippen molar-refractivity contribution in [1.29, 1.82) is 0 Å². The molecule has 0 aliphatic rings. The summed E-state index contributed by atoms with van der Waals surface area (Å²) in [6, 6.07) is 24.1. The van der Waals surface area contributed by atoms with Crippen LogP contribution in [0.4, 0.5) is 0 Å². The lowest BCUT2D eigenvalue weighted by Gasteiger charge is -2.13. The summed E-state index contributed by atoms with van der Waals surface area (Å²) in [4.78, 5) is 4.20. The van der Waals surface area contributed by atoms with E-state index >= 15 is 0 Å². The topological polar surface area (TPSA) is 37.0 Å². The Balaban J connectivity index is 1.35. The molecule has 4 aromatic rings. The molecular formula is C27H25Cl2N3. The smallest absolute Gasteiger partial charge is 0.0484 e. The van der Waals surface area contributed by atoms with Gasteiger partial charge in [0.25, 0.3) is 0 Å². The van der Waals surface area contributed by atoms with E-state index in [0.717, 1.165) is 36.3 Å². The van der Waals surface area contributed by atoms with E-state index in [1.54, 1.807) is 0 Å². The minimum absolute atomic E-state index is 0.714. The maximum atomic E-state index is 6.48. The summed E-state index contributed by atoms with van der Waals surface area (Å²) >= 11 is 13.0. The first-order chi connectivity index (χ1) is 15.7. The van der Waals surface area contributed by atoms with Crippen LogP contribution in [0.1, 0.15) is 16.7 Å². The van der Waals surface area contributed by atoms with Gasteiger partial charge in [0.15, 0.2) is 0 Å². The van der Waals surface area contributed by atoms with Crippen LogP contribution in [0.2, 0.25) is 10.0 Å². The van der Waals surface area contributed by atoms with Gasteiger partial charge >= 0.3 is 0 Å². The van der Waals surface area contributed by atoms with Crippen LogP contribution in [0.25, 0.3) is 16.3 Å². The van der Waals surface area contributed by atoms with Gasteiger partial charge in [0.05, 0.1) is 0 Å². The predicted octanol–water partition coefficient (Wildman–Crippen LogP) is 6.35. The van der Waals surface area contributed by atoms with Crippen molar-refractivity contribution >= 4 is 39.5 Å². The highest BCUT2D eigenvalue weighted by molar-refractivity contribution is 6.34. The molecule has 162 valence electrons. The molecule has 0 spiro atoms. The third-order valence-corrected chi connectivity index (χ3v) is 6.00. The molecular weight excluding hydrogens is 437 g/mol. The number of aromatic nitrogens is 1. The number of rotatable bonds is 9. The maximum absolute atomic E-state index is 6.48. The SMILES string of the molecule is Clc1ccccc1C(=CCNCCNCc1cccc2cnccc12)c1ccccc1Cl. The summed E-state index contributed by atoms with van der Waals surface area (Å²) in [6.07, 6.45) is 5.90. The van der Waals surface area contributed by atoms with Crippen molar-refractivity contribution < 1.29 is 0 Å². The van der Waals surface area contributed by atoms with E-state index in [4.69, 9.17) is 23.2 Å². The Labute approximate surface area is 199 Å². The van der Waals surface area contributed by atoms with E-state index in [2.05, 4.69) is 46.0 Å². The number of nitrogens with zero attached hydrogens (tertiary/aromatic N) is 1. The van der Waals surface area contributed by atoms with Gasteiger partial charge in [-0.05, 0) is 34.7 Å². The molecule has 0 radical (unpaired) electrons. The number of pyridine rings is 1. The van der Waals surface area contributed by atoms with Gasteiger partial charge < -0.3 is 10.6 Å². The quantitative estimate of drug-likeness (QED) is 0.285. The summed E-state index contributed by atoms with van der Waals surface area (Å²) in [5.41, 5.74) is 4.27. The molecule has 0 aliphatic carbocycles. The Hall–Kier alpha value is -2.69. The molecule has 0 atom stereocenters. The Bertz CT molecular complexity index is 1170. The average molecular weight is 462 g/mol. The van der Waals surface area contributed by atoms with Crippen molar-refractivity contribution in [2.75, 3.05) is 19.6 Å². The first-order valence-corrected chi connectivity index (χ1v) is 11.4. The lowest BCUT2D eigenvalue weighted by atomic mass is 9.97. The molecule has 0 amide bonds. The molecule has 5 heteroatoms. The van der Waals surface area contributed by atoms with Gasteiger partial charge in [0.2, 0.25) is 0 Å². The normalized spacial score (nSPS) is 10.9. The molecule has 0 aliphatic heterocycles. The molecule has 4 rings (SSSR count). The van der Waals surface area contributed by atoms with Crippen LogP contribution in [0.3, 0.4) is 0 Å². The van der Waals surface area contributed by atoms with Crippen LogP contribution in [0.5, 0.6) is 0 Å². The Morgan fingerprint density at radius 3 is 2.19 bits per heavy atom. The number of fused-ring (bicyclic) bond motifs is 1. The minimum Gasteiger partial charge on any atom is -0.312 e. The molecule has 2 N–H and O–H groups in total. The van der Waals surface area contributed by atoms with Crippen molar-refractivity contribution in [3.8, 4) is 0 Å². The van der Waals surface area contributed by atoms with Gasteiger partial charge in [-0.15, -0.1) is 0 Å². The van der Waals surface area contributed by atoms with Gasteiger partial charge in [-0.3, -0.25) is 4.98 Å². The van der Waals surface area contributed by atoms with Crippen molar-refractivity contribution in [2.24, 2.45) is 0 Å². The molecule has 32 heavy (non-hydrogen) atoms. The highest BCUT2D eigenvalue weighted by Crippen LogP contribution is 2.32. The Morgan fingerprint density at radius 1 is 0.781 bits per heavy atom.